The summed E-state index contributed by atoms with van der Waals surface area (Å²) in [6, 6.07) is 7.61. The molecule has 1 saturated carbocycles. The van der Waals surface area contributed by atoms with E-state index in [1.807, 2.05) is 24.3 Å². The maximum absolute atomic E-state index is 10.5. The minimum atomic E-state index is -0.793. The summed E-state index contributed by atoms with van der Waals surface area (Å²) in [4.78, 5) is 11.6. The lowest BCUT2D eigenvalue weighted by molar-refractivity contribution is -0.136. The highest BCUT2D eigenvalue weighted by Crippen LogP contribution is 2.29. The van der Waals surface area contributed by atoms with Crippen molar-refractivity contribution >= 4 is 17.7 Å². The van der Waals surface area contributed by atoms with Crippen LogP contribution in [0.1, 0.15) is 18.4 Å². The van der Waals surface area contributed by atoms with Gasteiger partial charge in [-0.05, 0) is 36.5 Å². The Hall–Kier alpha value is -1.00. The Morgan fingerprint density at radius 2 is 2.06 bits per heavy atom. The zero-order valence-electron chi connectivity index (χ0n) is 9.59. The van der Waals surface area contributed by atoms with Crippen molar-refractivity contribution in [1.29, 1.82) is 0 Å². The highest BCUT2D eigenvalue weighted by Gasteiger charge is 2.20. The Bertz CT molecular complexity index is 371. The van der Waals surface area contributed by atoms with Gasteiger partial charge in [0.1, 0.15) is 0 Å². The molecule has 1 aromatic carbocycles. The van der Waals surface area contributed by atoms with Crippen LogP contribution in [0.3, 0.4) is 0 Å². The molecule has 3 nitrogen and oxygen atoms in total. The second kappa shape index (κ2) is 6.07. The molecule has 0 unspecified atom stereocenters. The fourth-order valence-corrected chi connectivity index (χ4v) is 2.13. The minimum Gasteiger partial charge on any atom is -0.481 e. The van der Waals surface area contributed by atoms with E-state index in [4.69, 9.17) is 9.84 Å². The van der Waals surface area contributed by atoms with Gasteiger partial charge in [-0.15, -0.1) is 0 Å². The molecule has 1 N–H and O–H groups in total. The number of carboxylic acids is 1. The van der Waals surface area contributed by atoms with Crippen LogP contribution in [0.2, 0.25) is 0 Å². The molecule has 0 amide bonds. The molecule has 0 bridgehead atoms. The van der Waals surface area contributed by atoms with E-state index in [1.54, 1.807) is 11.8 Å². The molecule has 0 radical (unpaired) electrons. The van der Waals surface area contributed by atoms with E-state index in [1.165, 1.54) is 12.8 Å². The molecule has 0 aromatic heterocycles. The summed E-state index contributed by atoms with van der Waals surface area (Å²) in [7, 11) is 0. The number of rotatable bonds is 7. The molecule has 1 fully saturated rings. The first-order chi connectivity index (χ1) is 8.24. The maximum Gasteiger partial charge on any atom is 0.307 e. The number of carboxylic acid groups (broad SMARTS) is 1. The van der Waals surface area contributed by atoms with Crippen molar-refractivity contribution in [3.63, 3.8) is 0 Å². The van der Waals surface area contributed by atoms with Crippen molar-refractivity contribution in [2.24, 2.45) is 5.92 Å². The second-order valence-corrected chi connectivity index (χ2v) is 5.29. The molecule has 1 aliphatic rings. The topological polar surface area (TPSA) is 46.5 Å². The van der Waals surface area contributed by atoms with Crippen LogP contribution in [0.4, 0.5) is 0 Å². The van der Waals surface area contributed by atoms with Crippen LogP contribution in [-0.4, -0.2) is 23.6 Å². The number of carbonyl (C=O) groups is 1. The number of benzene rings is 1. The number of hydrogen-bond donors (Lipinski definition) is 1. The van der Waals surface area contributed by atoms with Crippen molar-refractivity contribution in [2.45, 2.75) is 24.2 Å². The van der Waals surface area contributed by atoms with Crippen LogP contribution in [0, 0.1) is 5.92 Å². The van der Waals surface area contributed by atoms with Gasteiger partial charge in [-0.2, -0.15) is 0 Å². The molecular formula is C13H16O3S. The number of thioether (sulfide) groups is 1. The van der Waals surface area contributed by atoms with Crippen LogP contribution in [0.5, 0.6) is 0 Å². The Morgan fingerprint density at radius 3 is 2.65 bits per heavy atom. The molecular weight excluding hydrogens is 236 g/mol. The van der Waals surface area contributed by atoms with Crippen molar-refractivity contribution in [2.75, 3.05) is 12.5 Å². The van der Waals surface area contributed by atoms with Gasteiger partial charge in [0.25, 0.3) is 0 Å². The number of aliphatic carboxylic acids is 1. The molecule has 1 aromatic rings. The van der Waals surface area contributed by atoms with Gasteiger partial charge in [-0.1, -0.05) is 23.9 Å². The monoisotopic (exact) mass is 252 g/mol. The Labute approximate surface area is 105 Å². The zero-order chi connectivity index (χ0) is 12.1. The number of ether oxygens (including phenoxy) is 1. The Morgan fingerprint density at radius 1 is 1.35 bits per heavy atom. The van der Waals surface area contributed by atoms with E-state index in [9.17, 15) is 4.79 Å². The normalized spacial score (nSPS) is 14.8. The first kappa shape index (κ1) is 12.5. The zero-order valence-corrected chi connectivity index (χ0v) is 10.4. The van der Waals surface area contributed by atoms with Gasteiger partial charge in [0.2, 0.25) is 0 Å². The molecule has 92 valence electrons. The summed E-state index contributed by atoms with van der Waals surface area (Å²) in [5.74, 6) is 0.682. The average Bonchev–Trinajstić information content (AvgIpc) is 3.10. The molecule has 17 heavy (non-hydrogen) atoms. The van der Waals surface area contributed by atoms with E-state index in [2.05, 4.69) is 0 Å². The summed E-state index contributed by atoms with van der Waals surface area (Å²) in [6.07, 6.45) is 2.71. The van der Waals surface area contributed by atoms with E-state index < -0.39 is 5.97 Å². The van der Waals surface area contributed by atoms with E-state index in [-0.39, 0.29) is 6.42 Å². The largest absolute Gasteiger partial charge is 0.481 e. The third-order valence-electron chi connectivity index (χ3n) is 2.64. The first-order valence-corrected chi connectivity index (χ1v) is 6.74. The summed E-state index contributed by atoms with van der Waals surface area (Å²) in [5, 5.41) is 8.64. The van der Waals surface area contributed by atoms with E-state index >= 15 is 0 Å². The maximum atomic E-state index is 10.5. The van der Waals surface area contributed by atoms with Crippen LogP contribution in [0.15, 0.2) is 29.2 Å². The van der Waals surface area contributed by atoms with Crippen molar-refractivity contribution in [3.8, 4) is 0 Å². The summed E-state index contributed by atoms with van der Waals surface area (Å²) in [5.41, 5.74) is 0.834. The minimum absolute atomic E-state index is 0.0864. The lowest BCUT2D eigenvalue weighted by atomic mass is 10.2. The Balaban J connectivity index is 1.70. The highest BCUT2D eigenvalue weighted by atomic mass is 32.2. The van der Waals surface area contributed by atoms with Gasteiger partial charge in [0.15, 0.2) is 0 Å². The van der Waals surface area contributed by atoms with Crippen LogP contribution < -0.4 is 0 Å². The van der Waals surface area contributed by atoms with E-state index in [0.717, 1.165) is 23.0 Å². The SMILES string of the molecule is O=C(O)Cc1ccc(SCOCC2CC2)cc1. The predicted octanol–water partition coefficient (Wildman–Crippen LogP) is 2.79. The lowest BCUT2D eigenvalue weighted by Crippen LogP contribution is -1.99. The Kier molecular flexibility index (Phi) is 4.45. The summed E-state index contributed by atoms with van der Waals surface area (Å²) >= 11 is 1.65. The summed E-state index contributed by atoms with van der Waals surface area (Å²) in [6.45, 7) is 0.879. The third kappa shape index (κ3) is 4.79. The molecule has 0 saturated heterocycles. The van der Waals surface area contributed by atoms with Crippen LogP contribution in [0.25, 0.3) is 0 Å². The molecule has 0 aliphatic heterocycles. The second-order valence-electron chi connectivity index (χ2n) is 4.29. The van der Waals surface area contributed by atoms with Gasteiger partial charge >= 0.3 is 5.97 Å². The predicted molar refractivity (Wildman–Crippen MR) is 67.2 cm³/mol. The molecule has 0 atom stereocenters. The molecule has 2 rings (SSSR count). The van der Waals surface area contributed by atoms with Crippen molar-refractivity contribution < 1.29 is 14.6 Å². The lowest BCUT2D eigenvalue weighted by Gasteiger charge is -2.04. The average molecular weight is 252 g/mol. The fourth-order valence-electron chi connectivity index (χ4n) is 1.49. The molecule has 1 aliphatic carbocycles. The van der Waals surface area contributed by atoms with Gasteiger partial charge in [-0.3, -0.25) is 4.79 Å². The smallest absolute Gasteiger partial charge is 0.307 e. The van der Waals surface area contributed by atoms with Crippen molar-refractivity contribution in [1.82, 2.24) is 0 Å². The first-order valence-electron chi connectivity index (χ1n) is 5.75. The molecule has 0 spiro atoms. The van der Waals surface area contributed by atoms with Crippen molar-refractivity contribution in [3.05, 3.63) is 29.8 Å². The molecule has 4 heteroatoms. The van der Waals surface area contributed by atoms with Crippen LogP contribution >= 0.6 is 11.8 Å². The number of hydrogen-bond acceptors (Lipinski definition) is 3. The molecule has 0 heterocycles. The third-order valence-corrected chi connectivity index (χ3v) is 3.53. The van der Waals surface area contributed by atoms with Gasteiger partial charge < -0.3 is 9.84 Å². The van der Waals surface area contributed by atoms with E-state index in [0.29, 0.717) is 5.94 Å². The highest BCUT2D eigenvalue weighted by molar-refractivity contribution is 7.99. The van der Waals surface area contributed by atoms with Gasteiger partial charge in [0, 0.05) is 4.90 Å². The fraction of sp³-hybridized carbons (Fsp3) is 0.462. The standard InChI is InChI=1S/C13H16O3S/c14-13(15)7-10-3-5-12(6-4-10)17-9-16-8-11-1-2-11/h3-6,11H,1-2,7-9H2,(H,14,15). The van der Waals surface area contributed by atoms with Crippen LogP contribution in [-0.2, 0) is 16.0 Å². The van der Waals surface area contributed by atoms with Gasteiger partial charge in [0.05, 0.1) is 19.0 Å². The quantitative estimate of drug-likeness (QED) is 0.460. The van der Waals surface area contributed by atoms with Gasteiger partial charge in [-0.25, -0.2) is 0 Å². The summed E-state index contributed by atoms with van der Waals surface area (Å²) < 4.78 is 5.53.